The molecule has 9 heteroatoms. The summed E-state index contributed by atoms with van der Waals surface area (Å²) in [6.45, 7) is 0. The summed E-state index contributed by atoms with van der Waals surface area (Å²) in [5.41, 5.74) is -0.288. The van der Waals surface area contributed by atoms with E-state index in [0.29, 0.717) is 0 Å². The van der Waals surface area contributed by atoms with Crippen molar-refractivity contribution in [1.29, 1.82) is 0 Å². The van der Waals surface area contributed by atoms with Gasteiger partial charge in [-0.15, -0.1) is 0 Å². The van der Waals surface area contributed by atoms with E-state index in [0.717, 1.165) is 12.1 Å². The number of halogens is 2. The van der Waals surface area contributed by atoms with Gasteiger partial charge in [0.2, 0.25) is 0 Å². The Labute approximate surface area is 132 Å². The van der Waals surface area contributed by atoms with Crippen LogP contribution in [0.3, 0.4) is 0 Å². The van der Waals surface area contributed by atoms with Crippen molar-refractivity contribution in [2.45, 2.75) is 11.6 Å². The lowest BCUT2D eigenvalue weighted by molar-refractivity contribution is 0.440. The molecule has 0 radical (unpaired) electrons. The summed E-state index contributed by atoms with van der Waals surface area (Å²) in [4.78, 5) is 18.9. The Morgan fingerprint density at radius 3 is 1.43 bits per heavy atom. The third-order valence-corrected chi connectivity index (χ3v) is 4.90. The number of rotatable bonds is 6. The zero-order valence-corrected chi connectivity index (χ0v) is 13.4. The predicted molar refractivity (Wildman–Crippen MR) is 81.1 cm³/mol. The van der Waals surface area contributed by atoms with Crippen molar-refractivity contribution in [2.24, 2.45) is 0 Å². The van der Waals surface area contributed by atoms with Crippen LogP contribution in [0.25, 0.3) is 0 Å². The van der Waals surface area contributed by atoms with Gasteiger partial charge in [-0.25, -0.2) is 14.1 Å². The summed E-state index contributed by atoms with van der Waals surface area (Å²) in [5.74, 6) is -4.41. The summed E-state index contributed by atoms with van der Waals surface area (Å²) in [6.07, 6.45) is 0. The second kappa shape index (κ2) is 7.77. The van der Waals surface area contributed by atoms with E-state index >= 15 is 0 Å². The summed E-state index contributed by atoms with van der Waals surface area (Å²) in [5, 5.41) is 2.42. The molecule has 2 aromatic carbocycles. The normalized spacial score (nSPS) is 15.0. The van der Waals surface area contributed by atoms with Crippen molar-refractivity contribution in [3.05, 3.63) is 71.3 Å². The fraction of sp³-hybridized carbons (Fsp3) is 0.143. The Kier molecular flexibility index (Phi) is 5.99. The fourth-order valence-corrected chi connectivity index (χ4v) is 3.65. The molecule has 0 bridgehead atoms. The summed E-state index contributed by atoms with van der Waals surface area (Å²) in [6, 6.07) is 10.5. The summed E-state index contributed by atoms with van der Waals surface area (Å²) in [7, 11) is -5.95. The van der Waals surface area contributed by atoms with Crippen LogP contribution in [-0.4, -0.2) is 9.79 Å². The number of hydrogen-bond acceptors (Lipinski definition) is 3. The highest BCUT2D eigenvalue weighted by atomic mass is 31.1. The van der Waals surface area contributed by atoms with Gasteiger partial charge in [-0.1, -0.05) is 24.3 Å². The lowest BCUT2D eigenvalue weighted by Gasteiger charge is -2.12. The standard InChI is InChI=1S/C14H11F2NO4P2/c15-11-7-3-1-5-9(11)13(22(18)19)17-14(23(20)21)10-6-2-4-8-12(10)16/h1-8,13-14,17H/p+2/t13-,14-/m1/s1. The Morgan fingerprint density at radius 2 is 1.13 bits per heavy atom. The van der Waals surface area contributed by atoms with Gasteiger partial charge in [0.25, 0.3) is 11.6 Å². The molecular weight excluding hydrogens is 346 g/mol. The molecule has 0 heterocycles. The van der Waals surface area contributed by atoms with Gasteiger partial charge in [-0.05, 0) is 33.4 Å². The van der Waals surface area contributed by atoms with E-state index in [9.17, 15) is 27.7 Å². The minimum Gasteiger partial charge on any atom is -0.216 e. The fourth-order valence-electron chi connectivity index (χ4n) is 2.09. The number of hydrogen-bond donors (Lipinski definition) is 3. The van der Waals surface area contributed by atoms with Gasteiger partial charge in [0.05, 0.1) is 11.1 Å². The van der Waals surface area contributed by atoms with Gasteiger partial charge in [0, 0.05) is 0 Å². The van der Waals surface area contributed by atoms with E-state index in [2.05, 4.69) is 5.32 Å². The van der Waals surface area contributed by atoms with Gasteiger partial charge in [-0.3, -0.25) is 0 Å². The van der Waals surface area contributed by atoms with E-state index in [4.69, 9.17) is 0 Å². The monoisotopic (exact) mass is 359 g/mol. The highest BCUT2D eigenvalue weighted by molar-refractivity contribution is 7.39. The Hall–Kier alpha value is -1.62. The molecule has 5 nitrogen and oxygen atoms in total. The van der Waals surface area contributed by atoms with Crippen LogP contribution in [-0.2, 0) is 9.13 Å². The van der Waals surface area contributed by atoms with Crippen LogP contribution in [0.5, 0.6) is 0 Å². The van der Waals surface area contributed by atoms with Crippen LogP contribution in [0.2, 0.25) is 0 Å². The van der Waals surface area contributed by atoms with Gasteiger partial charge in [0.15, 0.2) is 0 Å². The summed E-state index contributed by atoms with van der Waals surface area (Å²) >= 11 is 0. The minimum atomic E-state index is -2.98. The molecule has 120 valence electrons. The molecule has 3 N–H and O–H groups in total. The molecule has 0 aliphatic rings. The van der Waals surface area contributed by atoms with Crippen LogP contribution in [0, 0.1) is 11.6 Å². The number of nitrogens with one attached hydrogen (secondary N) is 1. The largest absolute Gasteiger partial charge is 0.529 e. The summed E-state index contributed by atoms with van der Waals surface area (Å²) < 4.78 is 50.8. The smallest absolute Gasteiger partial charge is 0.216 e. The zero-order valence-electron chi connectivity index (χ0n) is 11.6. The van der Waals surface area contributed by atoms with E-state index in [1.54, 1.807) is 0 Å². The van der Waals surface area contributed by atoms with Gasteiger partial charge in [-0.2, -0.15) is 9.79 Å². The molecule has 0 aliphatic heterocycles. The molecule has 0 saturated carbocycles. The van der Waals surface area contributed by atoms with Crippen molar-refractivity contribution >= 4 is 16.1 Å². The molecule has 2 aromatic rings. The zero-order chi connectivity index (χ0) is 17.0. The first-order valence-corrected chi connectivity index (χ1v) is 9.03. The first-order chi connectivity index (χ1) is 10.9. The maximum atomic E-state index is 13.8. The quantitative estimate of drug-likeness (QED) is 0.685. The maximum absolute atomic E-state index is 13.8. The van der Waals surface area contributed by atoms with E-state index < -0.39 is 39.3 Å². The first-order valence-electron chi connectivity index (χ1n) is 6.47. The van der Waals surface area contributed by atoms with Crippen molar-refractivity contribution in [1.82, 2.24) is 5.32 Å². The Morgan fingerprint density at radius 1 is 0.783 bits per heavy atom. The van der Waals surface area contributed by atoms with Crippen molar-refractivity contribution in [3.8, 4) is 0 Å². The first kappa shape index (κ1) is 17.7. The lowest BCUT2D eigenvalue weighted by Crippen LogP contribution is -2.24. The molecule has 0 saturated heterocycles. The highest BCUT2D eigenvalue weighted by Gasteiger charge is 2.43. The third-order valence-electron chi connectivity index (χ3n) is 3.16. The van der Waals surface area contributed by atoms with Crippen LogP contribution < -0.4 is 5.32 Å². The second-order valence-corrected chi connectivity index (χ2v) is 6.86. The molecule has 2 rings (SSSR count). The van der Waals surface area contributed by atoms with Gasteiger partial charge >= 0.3 is 16.1 Å². The average Bonchev–Trinajstić information content (AvgIpc) is 2.50. The van der Waals surface area contributed by atoms with Gasteiger partial charge in [0.1, 0.15) is 11.6 Å². The molecule has 0 fully saturated rings. The maximum Gasteiger partial charge on any atom is 0.529 e. The SMILES string of the molecule is O=[P+](O)[C@@H](N[C@@H](c1ccccc1F)[P+](=O)O)c1ccccc1F. The number of benzene rings is 2. The lowest BCUT2D eigenvalue weighted by atomic mass is 10.1. The predicted octanol–water partition coefficient (Wildman–Crippen LogP) is 3.72. The van der Waals surface area contributed by atoms with E-state index in [1.807, 2.05) is 0 Å². The molecular formula is C14H13F2NO4P2+2. The van der Waals surface area contributed by atoms with Crippen molar-refractivity contribution < 1.29 is 27.7 Å². The molecule has 0 amide bonds. The Balaban J connectivity index is 2.41. The highest BCUT2D eigenvalue weighted by Crippen LogP contribution is 2.44. The van der Waals surface area contributed by atoms with Crippen LogP contribution in [0.1, 0.15) is 22.7 Å². The van der Waals surface area contributed by atoms with E-state index in [-0.39, 0.29) is 11.1 Å². The second-order valence-electron chi connectivity index (χ2n) is 4.62. The molecule has 0 aliphatic carbocycles. The van der Waals surface area contributed by atoms with Crippen LogP contribution in [0.15, 0.2) is 48.5 Å². The van der Waals surface area contributed by atoms with Crippen molar-refractivity contribution in [3.63, 3.8) is 0 Å². The molecule has 0 aromatic heterocycles. The van der Waals surface area contributed by atoms with E-state index in [1.165, 1.54) is 36.4 Å². The molecule has 2 unspecified atom stereocenters. The molecule has 23 heavy (non-hydrogen) atoms. The third kappa shape index (κ3) is 4.22. The minimum absolute atomic E-state index is 0.144. The Bertz CT molecular complexity index is 683. The molecule has 4 atom stereocenters. The topological polar surface area (TPSA) is 86.6 Å². The van der Waals surface area contributed by atoms with Crippen LogP contribution in [0.4, 0.5) is 8.78 Å². The van der Waals surface area contributed by atoms with Crippen molar-refractivity contribution in [2.75, 3.05) is 0 Å². The van der Waals surface area contributed by atoms with Gasteiger partial charge < -0.3 is 0 Å². The van der Waals surface area contributed by atoms with Crippen LogP contribution >= 0.6 is 16.1 Å². The molecule has 0 spiro atoms. The average molecular weight is 359 g/mol.